The average Bonchev–Trinajstić information content (AvgIpc) is 3.05. The van der Waals surface area contributed by atoms with Gasteiger partial charge < -0.3 is 10.5 Å². The molecule has 3 aromatic rings. The summed E-state index contributed by atoms with van der Waals surface area (Å²) in [5.74, 6) is -1.03. The number of H-pyrrole nitrogens is 1. The molecule has 122 valence electrons. The second kappa shape index (κ2) is 5.76. The van der Waals surface area contributed by atoms with Gasteiger partial charge in [0.25, 0.3) is 0 Å². The van der Waals surface area contributed by atoms with E-state index in [1.54, 1.807) is 36.5 Å². The molecule has 2 aromatic heterocycles. The van der Waals surface area contributed by atoms with Crippen LogP contribution in [0.3, 0.4) is 0 Å². The summed E-state index contributed by atoms with van der Waals surface area (Å²) in [5, 5.41) is 16.6. The summed E-state index contributed by atoms with van der Waals surface area (Å²) in [5.41, 5.74) is 8.04. The normalized spacial score (nSPS) is 16.1. The van der Waals surface area contributed by atoms with E-state index in [1.807, 2.05) is 12.1 Å². The molecule has 0 spiro atoms. The van der Waals surface area contributed by atoms with Crippen LogP contribution in [0, 0.1) is 17.1 Å². The molecule has 1 atom stereocenters. The summed E-state index contributed by atoms with van der Waals surface area (Å²) < 4.78 is 20.0. The molecule has 0 bridgehead atoms. The molecule has 1 unspecified atom stereocenters. The number of nitrogens with zero attached hydrogens (tertiary/aromatic N) is 3. The van der Waals surface area contributed by atoms with E-state index in [2.05, 4.69) is 15.2 Å². The Labute approximate surface area is 142 Å². The molecule has 25 heavy (non-hydrogen) atoms. The highest BCUT2D eigenvalue weighted by molar-refractivity contribution is 5.68. The molecule has 3 N–H and O–H groups in total. The van der Waals surface area contributed by atoms with Gasteiger partial charge in [0.1, 0.15) is 17.5 Å². The van der Waals surface area contributed by atoms with Gasteiger partial charge in [-0.25, -0.2) is 4.39 Å². The fourth-order valence-corrected chi connectivity index (χ4v) is 2.97. The molecule has 1 aliphatic rings. The van der Waals surface area contributed by atoms with Crippen LogP contribution in [0.2, 0.25) is 0 Å². The van der Waals surface area contributed by atoms with Crippen LogP contribution in [0.25, 0.3) is 11.4 Å². The van der Waals surface area contributed by atoms with Gasteiger partial charge in [-0.3, -0.25) is 10.1 Å². The Morgan fingerprint density at radius 1 is 1.20 bits per heavy atom. The Morgan fingerprint density at radius 2 is 2.00 bits per heavy atom. The Morgan fingerprint density at radius 3 is 2.72 bits per heavy atom. The predicted molar refractivity (Wildman–Crippen MR) is 87.5 cm³/mol. The number of hydrogen-bond acceptors (Lipinski definition) is 5. The molecule has 1 aliphatic heterocycles. The first-order valence-electron chi connectivity index (χ1n) is 7.52. The van der Waals surface area contributed by atoms with Crippen LogP contribution in [0.5, 0.6) is 5.88 Å². The van der Waals surface area contributed by atoms with Crippen molar-refractivity contribution in [1.29, 1.82) is 5.26 Å². The highest BCUT2D eigenvalue weighted by atomic mass is 19.1. The number of rotatable bonds is 2. The second-order valence-electron chi connectivity index (χ2n) is 5.48. The number of fused-ring (bicyclic) bond motifs is 1. The van der Waals surface area contributed by atoms with Crippen molar-refractivity contribution in [1.82, 2.24) is 15.2 Å². The molecular formula is C18H12FN5O. The second-order valence-corrected chi connectivity index (χ2v) is 5.48. The van der Waals surface area contributed by atoms with Crippen molar-refractivity contribution in [2.45, 2.75) is 5.92 Å². The van der Waals surface area contributed by atoms with Crippen molar-refractivity contribution in [2.24, 2.45) is 5.73 Å². The number of hydrogen-bond donors (Lipinski definition) is 2. The van der Waals surface area contributed by atoms with Gasteiger partial charge in [-0.15, -0.1) is 5.10 Å². The molecule has 0 saturated heterocycles. The van der Waals surface area contributed by atoms with Crippen LogP contribution < -0.4 is 10.5 Å². The number of halogens is 1. The zero-order valence-corrected chi connectivity index (χ0v) is 12.9. The van der Waals surface area contributed by atoms with E-state index in [0.29, 0.717) is 22.5 Å². The number of allylic oxidation sites excluding steroid dienone is 1. The lowest BCUT2D eigenvalue weighted by molar-refractivity contribution is 0.378. The van der Waals surface area contributed by atoms with Crippen molar-refractivity contribution in [3.8, 4) is 23.3 Å². The minimum Gasteiger partial charge on any atom is -0.420 e. The van der Waals surface area contributed by atoms with Crippen LogP contribution in [0.15, 0.2) is 60.1 Å². The zero-order chi connectivity index (χ0) is 17.4. The maximum Gasteiger partial charge on any atom is 0.244 e. The number of aromatic amines is 1. The van der Waals surface area contributed by atoms with E-state index >= 15 is 0 Å². The number of aromatic nitrogens is 3. The maximum absolute atomic E-state index is 14.5. The zero-order valence-electron chi connectivity index (χ0n) is 12.9. The fraction of sp³-hybridized carbons (Fsp3) is 0.0556. The molecular weight excluding hydrogens is 321 g/mol. The van der Waals surface area contributed by atoms with Gasteiger partial charge in [0.2, 0.25) is 11.8 Å². The minimum atomic E-state index is -0.731. The third-order valence-corrected chi connectivity index (χ3v) is 4.08. The SMILES string of the molecule is N#CC1=C(N)Oc2n[nH]c(-c3ccccn3)c2C1c1ccccc1F. The summed E-state index contributed by atoms with van der Waals surface area (Å²) in [6.07, 6.45) is 1.64. The van der Waals surface area contributed by atoms with Crippen molar-refractivity contribution < 1.29 is 9.13 Å². The minimum absolute atomic E-state index is 0.0812. The molecule has 0 aliphatic carbocycles. The molecule has 6 nitrogen and oxygen atoms in total. The predicted octanol–water partition coefficient (Wildman–Crippen LogP) is 2.83. The number of nitrogens with two attached hydrogens (primary N) is 1. The Hall–Kier alpha value is -3.66. The molecule has 1 aromatic carbocycles. The van der Waals surface area contributed by atoms with Crippen molar-refractivity contribution >= 4 is 0 Å². The van der Waals surface area contributed by atoms with Crippen LogP contribution in [-0.2, 0) is 0 Å². The van der Waals surface area contributed by atoms with Crippen molar-refractivity contribution in [3.05, 3.63) is 77.1 Å². The summed E-state index contributed by atoms with van der Waals surface area (Å²) >= 11 is 0. The van der Waals surface area contributed by atoms with E-state index in [1.165, 1.54) is 6.07 Å². The molecule has 0 amide bonds. The largest absolute Gasteiger partial charge is 0.420 e. The number of ether oxygens (including phenoxy) is 1. The smallest absolute Gasteiger partial charge is 0.244 e. The van der Waals surface area contributed by atoms with E-state index < -0.39 is 11.7 Å². The highest BCUT2D eigenvalue weighted by Gasteiger charge is 2.37. The number of nitrogens with one attached hydrogen (secondary N) is 1. The average molecular weight is 333 g/mol. The molecule has 0 saturated carbocycles. The van der Waals surface area contributed by atoms with Crippen molar-refractivity contribution in [2.75, 3.05) is 0 Å². The lowest BCUT2D eigenvalue weighted by atomic mass is 9.83. The Bertz CT molecular complexity index is 1020. The molecule has 7 heteroatoms. The van der Waals surface area contributed by atoms with E-state index in [0.717, 1.165) is 0 Å². The fourth-order valence-electron chi connectivity index (χ4n) is 2.97. The number of pyridine rings is 1. The first kappa shape index (κ1) is 14.9. The van der Waals surface area contributed by atoms with Crippen LogP contribution in [0.4, 0.5) is 4.39 Å². The highest BCUT2D eigenvalue weighted by Crippen LogP contribution is 2.45. The van der Waals surface area contributed by atoms with Gasteiger partial charge in [-0.05, 0) is 18.2 Å². The van der Waals surface area contributed by atoms with Crippen LogP contribution >= 0.6 is 0 Å². The summed E-state index contributed by atoms with van der Waals surface area (Å²) in [6.45, 7) is 0. The maximum atomic E-state index is 14.5. The van der Waals surface area contributed by atoms with Gasteiger partial charge in [0, 0.05) is 11.8 Å². The third kappa shape index (κ3) is 2.32. The number of benzene rings is 1. The molecule has 4 rings (SSSR count). The third-order valence-electron chi connectivity index (χ3n) is 4.08. The van der Waals surface area contributed by atoms with E-state index in [9.17, 15) is 9.65 Å². The lowest BCUT2D eigenvalue weighted by Crippen LogP contribution is -2.21. The van der Waals surface area contributed by atoms with Gasteiger partial charge in [0.15, 0.2) is 0 Å². The number of nitriles is 1. The standard InChI is InChI=1S/C18H12FN5O/c19-12-6-2-1-5-10(12)14-11(9-20)17(21)25-18-15(14)16(23-24-18)13-7-3-4-8-22-13/h1-8,14H,21H2,(H,23,24). The first-order valence-corrected chi connectivity index (χ1v) is 7.52. The molecule has 0 radical (unpaired) electrons. The van der Waals surface area contributed by atoms with Crippen LogP contribution in [-0.4, -0.2) is 15.2 Å². The molecule has 0 fully saturated rings. The van der Waals surface area contributed by atoms with Gasteiger partial charge >= 0.3 is 0 Å². The summed E-state index contributed by atoms with van der Waals surface area (Å²) in [4.78, 5) is 4.30. The van der Waals surface area contributed by atoms with Gasteiger partial charge in [0.05, 0.1) is 22.9 Å². The lowest BCUT2D eigenvalue weighted by Gasteiger charge is -2.24. The van der Waals surface area contributed by atoms with Gasteiger partial charge in [-0.1, -0.05) is 24.3 Å². The monoisotopic (exact) mass is 333 g/mol. The molecule has 3 heterocycles. The Kier molecular flexibility index (Phi) is 3.43. The summed E-state index contributed by atoms with van der Waals surface area (Å²) in [6, 6.07) is 13.7. The summed E-state index contributed by atoms with van der Waals surface area (Å²) in [7, 11) is 0. The van der Waals surface area contributed by atoms with Gasteiger partial charge in [-0.2, -0.15) is 5.26 Å². The van der Waals surface area contributed by atoms with Crippen LogP contribution in [0.1, 0.15) is 17.0 Å². The Balaban J connectivity index is 1.99. The van der Waals surface area contributed by atoms with E-state index in [-0.39, 0.29) is 17.3 Å². The topological polar surface area (TPSA) is 101 Å². The van der Waals surface area contributed by atoms with Crippen molar-refractivity contribution in [3.63, 3.8) is 0 Å². The quantitative estimate of drug-likeness (QED) is 0.751. The first-order chi connectivity index (χ1) is 12.2. The van der Waals surface area contributed by atoms with E-state index in [4.69, 9.17) is 10.5 Å².